The predicted octanol–water partition coefficient (Wildman–Crippen LogP) is 3.82. The van der Waals surface area contributed by atoms with Crippen LogP contribution in [0.2, 0.25) is 0 Å². The molecule has 0 amide bonds. The molecule has 25 heavy (non-hydrogen) atoms. The number of rotatable bonds is 5. The van der Waals surface area contributed by atoms with E-state index in [1.165, 1.54) is 0 Å². The maximum atomic E-state index is 12.5. The summed E-state index contributed by atoms with van der Waals surface area (Å²) in [5.41, 5.74) is 1.67. The van der Waals surface area contributed by atoms with Gasteiger partial charge in [-0.05, 0) is 55.7 Å². The summed E-state index contributed by atoms with van der Waals surface area (Å²) in [6.07, 6.45) is 8.90. The number of anilines is 2. The third kappa shape index (κ3) is 3.38. The molecule has 3 aromatic rings. The molecule has 2 heterocycles. The zero-order chi connectivity index (χ0) is 17.2. The highest BCUT2D eigenvalue weighted by molar-refractivity contribution is 5.58. The van der Waals surface area contributed by atoms with E-state index in [1.54, 1.807) is 29.4 Å². The van der Waals surface area contributed by atoms with Crippen LogP contribution in [0.4, 0.5) is 11.5 Å². The minimum Gasteiger partial charge on any atom is -0.455 e. The van der Waals surface area contributed by atoms with Crippen LogP contribution in [0.3, 0.4) is 0 Å². The molecule has 4 rings (SSSR count). The van der Waals surface area contributed by atoms with Gasteiger partial charge in [0.25, 0.3) is 5.56 Å². The van der Waals surface area contributed by atoms with Crippen molar-refractivity contribution >= 4 is 11.5 Å². The first-order valence-electron chi connectivity index (χ1n) is 8.23. The van der Waals surface area contributed by atoms with Crippen LogP contribution in [0.25, 0.3) is 0 Å². The predicted molar refractivity (Wildman–Crippen MR) is 95.5 cm³/mol. The molecule has 1 aromatic carbocycles. The lowest BCUT2D eigenvalue weighted by Crippen LogP contribution is -2.22. The fraction of sp³-hybridized carbons (Fsp3) is 0.211. The van der Waals surface area contributed by atoms with Gasteiger partial charge >= 0.3 is 0 Å². The second kappa shape index (κ2) is 6.39. The molecule has 0 bridgehead atoms. The summed E-state index contributed by atoms with van der Waals surface area (Å²) in [6, 6.07) is 9.68. The number of aromatic nitrogens is 3. The maximum Gasteiger partial charge on any atom is 0.293 e. The number of aryl methyl sites for hydroxylation is 1. The molecule has 1 aliphatic carbocycles. The third-order valence-corrected chi connectivity index (χ3v) is 4.11. The Morgan fingerprint density at radius 2 is 2.12 bits per heavy atom. The third-order valence-electron chi connectivity index (χ3n) is 4.11. The minimum absolute atomic E-state index is 0.0849. The number of ether oxygens (including phenoxy) is 1. The first-order valence-corrected chi connectivity index (χ1v) is 8.23. The van der Waals surface area contributed by atoms with Crippen molar-refractivity contribution in [3.05, 3.63) is 71.0 Å². The molecule has 0 aliphatic heterocycles. The van der Waals surface area contributed by atoms with Gasteiger partial charge < -0.3 is 14.6 Å². The molecule has 0 saturated heterocycles. The van der Waals surface area contributed by atoms with Crippen molar-refractivity contribution in [2.75, 3.05) is 5.32 Å². The molecule has 6 heteroatoms. The van der Waals surface area contributed by atoms with Crippen LogP contribution in [-0.2, 0) is 0 Å². The number of benzene rings is 1. The van der Waals surface area contributed by atoms with Gasteiger partial charge in [-0.15, -0.1) is 0 Å². The van der Waals surface area contributed by atoms with E-state index in [0.29, 0.717) is 17.6 Å². The van der Waals surface area contributed by atoms with Crippen molar-refractivity contribution in [1.82, 2.24) is 14.5 Å². The smallest absolute Gasteiger partial charge is 0.293 e. The Hall–Kier alpha value is -3.15. The van der Waals surface area contributed by atoms with Gasteiger partial charge in [-0.3, -0.25) is 9.78 Å². The normalized spacial score (nSPS) is 13.5. The van der Waals surface area contributed by atoms with Crippen molar-refractivity contribution in [3.63, 3.8) is 0 Å². The number of nitrogens with zero attached hydrogens (tertiary/aromatic N) is 3. The minimum atomic E-state index is -0.0849. The van der Waals surface area contributed by atoms with E-state index in [2.05, 4.69) is 15.3 Å². The molecule has 0 spiro atoms. The lowest BCUT2D eigenvalue weighted by molar-refractivity contribution is 0.476. The second-order valence-corrected chi connectivity index (χ2v) is 6.12. The highest BCUT2D eigenvalue weighted by atomic mass is 16.5. The van der Waals surface area contributed by atoms with Crippen LogP contribution >= 0.6 is 0 Å². The zero-order valence-electron chi connectivity index (χ0n) is 13.8. The van der Waals surface area contributed by atoms with Crippen LogP contribution < -0.4 is 15.6 Å². The van der Waals surface area contributed by atoms with Crippen molar-refractivity contribution in [2.45, 2.75) is 25.8 Å². The van der Waals surface area contributed by atoms with E-state index in [-0.39, 0.29) is 5.56 Å². The van der Waals surface area contributed by atoms with E-state index < -0.39 is 0 Å². The monoisotopic (exact) mass is 334 g/mol. The molecule has 0 atom stereocenters. The molecule has 1 fully saturated rings. The largest absolute Gasteiger partial charge is 0.455 e. The summed E-state index contributed by atoms with van der Waals surface area (Å²) in [6.45, 7) is 1.96. The molecule has 0 radical (unpaired) electrons. The summed E-state index contributed by atoms with van der Waals surface area (Å²) in [5.74, 6) is 1.77. The van der Waals surface area contributed by atoms with Gasteiger partial charge in [0.1, 0.15) is 11.5 Å². The second-order valence-electron chi connectivity index (χ2n) is 6.12. The Labute approximate surface area is 145 Å². The molecule has 1 N–H and O–H groups in total. The van der Waals surface area contributed by atoms with Crippen LogP contribution in [0.1, 0.15) is 24.4 Å². The van der Waals surface area contributed by atoms with Gasteiger partial charge in [-0.25, -0.2) is 4.98 Å². The zero-order valence-corrected chi connectivity index (χ0v) is 13.8. The Bertz CT molecular complexity index is 949. The lowest BCUT2D eigenvalue weighted by Gasteiger charge is -2.12. The Morgan fingerprint density at radius 3 is 2.84 bits per heavy atom. The molecular weight excluding hydrogens is 316 g/mol. The molecule has 1 saturated carbocycles. The van der Waals surface area contributed by atoms with Crippen LogP contribution in [0.15, 0.2) is 59.9 Å². The first kappa shape index (κ1) is 15.4. The highest BCUT2D eigenvalue weighted by Crippen LogP contribution is 2.33. The van der Waals surface area contributed by atoms with Crippen LogP contribution in [0.5, 0.6) is 11.5 Å². The van der Waals surface area contributed by atoms with Crippen molar-refractivity contribution < 1.29 is 4.74 Å². The number of hydrogen-bond acceptors (Lipinski definition) is 5. The van der Waals surface area contributed by atoms with Gasteiger partial charge in [0.15, 0.2) is 5.82 Å². The average molecular weight is 334 g/mol. The molecule has 1 aliphatic rings. The SMILES string of the molecule is Cc1cc(Nc2nccn(C3CC3)c2=O)ccc1Oc1cccnc1. The van der Waals surface area contributed by atoms with Gasteiger partial charge in [-0.1, -0.05) is 0 Å². The average Bonchev–Trinajstić information content (AvgIpc) is 3.45. The molecular formula is C19H18N4O2. The summed E-state index contributed by atoms with van der Waals surface area (Å²) in [5, 5.41) is 3.11. The number of pyridine rings is 1. The Kier molecular flexibility index (Phi) is 3.93. The topological polar surface area (TPSA) is 69.0 Å². The van der Waals surface area contributed by atoms with E-state index in [0.717, 1.165) is 29.8 Å². The number of hydrogen-bond donors (Lipinski definition) is 1. The number of nitrogens with one attached hydrogen (secondary N) is 1. The van der Waals surface area contributed by atoms with E-state index in [1.807, 2.05) is 37.3 Å². The maximum absolute atomic E-state index is 12.5. The van der Waals surface area contributed by atoms with Gasteiger partial charge in [-0.2, -0.15) is 0 Å². The molecule has 2 aromatic heterocycles. The van der Waals surface area contributed by atoms with Crippen molar-refractivity contribution in [3.8, 4) is 11.5 Å². The lowest BCUT2D eigenvalue weighted by atomic mass is 10.2. The first-order chi connectivity index (χ1) is 12.2. The van der Waals surface area contributed by atoms with E-state index >= 15 is 0 Å². The Balaban J connectivity index is 1.55. The molecule has 126 valence electrons. The fourth-order valence-electron chi connectivity index (χ4n) is 2.66. The highest BCUT2D eigenvalue weighted by Gasteiger charge is 2.25. The van der Waals surface area contributed by atoms with Crippen molar-refractivity contribution in [2.24, 2.45) is 0 Å². The van der Waals surface area contributed by atoms with E-state index in [4.69, 9.17) is 4.74 Å². The van der Waals surface area contributed by atoms with Gasteiger partial charge in [0, 0.05) is 30.3 Å². The van der Waals surface area contributed by atoms with Gasteiger partial charge in [0.05, 0.1) is 6.20 Å². The summed E-state index contributed by atoms with van der Waals surface area (Å²) in [7, 11) is 0. The van der Waals surface area contributed by atoms with Crippen LogP contribution in [0, 0.1) is 6.92 Å². The Morgan fingerprint density at radius 1 is 1.24 bits per heavy atom. The fourth-order valence-corrected chi connectivity index (χ4v) is 2.66. The molecule has 6 nitrogen and oxygen atoms in total. The molecule has 0 unspecified atom stereocenters. The van der Waals surface area contributed by atoms with Crippen molar-refractivity contribution in [1.29, 1.82) is 0 Å². The van der Waals surface area contributed by atoms with E-state index in [9.17, 15) is 4.79 Å². The quantitative estimate of drug-likeness (QED) is 0.768. The summed E-state index contributed by atoms with van der Waals surface area (Å²) < 4.78 is 7.58. The van der Waals surface area contributed by atoms with Crippen LogP contribution in [-0.4, -0.2) is 14.5 Å². The summed E-state index contributed by atoms with van der Waals surface area (Å²) >= 11 is 0. The summed E-state index contributed by atoms with van der Waals surface area (Å²) in [4.78, 5) is 20.7. The standard InChI is InChI=1S/C19H18N4O2/c1-13-11-14(4-7-17(13)25-16-3-2-8-20-12-16)22-18-19(24)23(10-9-21-18)15-5-6-15/h2-4,7-12,15H,5-6H2,1H3,(H,21,22). The van der Waals surface area contributed by atoms with Gasteiger partial charge in [0.2, 0.25) is 0 Å².